The summed E-state index contributed by atoms with van der Waals surface area (Å²) in [5, 5.41) is 0. The molecule has 0 radical (unpaired) electrons. The first-order chi connectivity index (χ1) is 9.26. The van der Waals surface area contributed by atoms with Gasteiger partial charge in [0.1, 0.15) is 6.79 Å². The van der Waals surface area contributed by atoms with Crippen LogP contribution in [-0.4, -0.2) is 26.1 Å². The third kappa shape index (κ3) is 7.11. The van der Waals surface area contributed by atoms with Crippen molar-refractivity contribution >= 4 is 0 Å². The standard InChI is InChI=1S/C16H24O3/c1-4-8-16(11-14(2)19-13-17-3)18-12-15-9-6-5-7-10-15/h4-7,9-10,14,16H,1,8,11-13H2,2-3H3/t14-,16-/m1/s1. The summed E-state index contributed by atoms with van der Waals surface area (Å²) in [5.41, 5.74) is 1.18. The van der Waals surface area contributed by atoms with E-state index >= 15 is 0 Å². The van der Waals surface area contributed by atoms with Crippen molar-refractivity contribution in [2.45, 2.75) is 38.6 Å². The number of hydrogen-bond acceptors (Lipinski definition) is 3. The molecular weight excluding hydrogens is 240 g/mol. The second-order valence-electron chi connectivity index (χ2n) is 4.56. The maximum absolute atomic E-state index is 5.93. The molecule has 1 rings (SSSR count). The van der Waals surface area contributed by atoms with Crippen LogP contribution in [0.25, 0.3) is 0 Å². The van der Waals surface area contributed by atoms with Crippen LogP contribution in [0.3, 0.4) is 0 Å². The zero-order valence-corrected chi connectivity index (χ0v) is 11.9. The first-order valence-electron chi connectivity index (χ1n) is 6.63. The van der Waals surface area contributed by atoms with Crippen LogP contribution in [0.2, 0.25) is 0 Å². The highest BCUT2D eigenvalue weighted by Crippen LogP contribution is 2.13. The van der Waals surface area contributed by atoms with Gasteiger partial charge in [-0.05, 0) is 25.3 Å². The van der Waals surface area contributed by atoms with Crippen molar-refractivity contribution in [3.63, 3.8) is 0 Å². The molecule has 1 aromatic rings. The summed E-state index contributed by atoms with van der Waals surface area (Å²) in [6.07, 6.45) is 3.79. The molecule has 0 spiro atoms. The molecule has 0 amide bonds. The Hall–Kier alpha value is -1.16. The molecule has 0 aliphatic rings. The van der Waals surface area contributed by atoms with Crippen molar-refractivity contribution in [3.05, 3.63) is 48.6 Å². The lowest BCUT2D eigenvalue weighted by Crippen LogP contribution is -2.21. The highest BCUT2D eigenvalue weighted by molar-refractivity contribution is 5.13. The van der Waals surface area contributed by atoms with Crippen molar-refractivity contribution < 1.29 is 14.2 Å². The predicted octanol–water partition coefficient (Wildman–Crippen LogP) is 3.55. The van der Waals surface area contributed by atoms with Gasteiger partial charge in [0, 0.05) is 7.11 Å². The smallest absolute Gasteiger partial charge is 0.146 e. The molecule has 106 valence electrons. The van der Waals surface area contributed by atoms with Crippen LogP contribution in [-0.2, 0) is 20.8 Å². The van der Waals surface area contributed by atoms with Gasteiger partial charge in [0.15, 0.2) is 0 Å². The molecule has 0 fully saturated rings. The van der Waals surface area contributed by atoms with Crippen LogP contribution >= 0.6 is 0 Å². The third-order valence-electron chi connectivity index (χ3n) is 2.82. The number of methoxy groups -OCH3 is 1. The Morgan fingerprint density at radius 1 is 1.21 bits per heavy atom. The van der Waals surface area contributed by atoms with E-state index in [1.54, 1.807) is 7.11 Å². The largest absolute Gasteiger partial charge is 0.373 e. The van der Waals surface area contributed by atoms with Gasteiger partial charge in [-0.2, -0.15) is 0 Å². The molecule has 1 aromatic carbocycles. The first kappa shape index (κ1) is 15.9. The molecule has 0 aliphatic heterocycles. The van der Waals surface area contributed by atoms with Crippen LogP contribution in [0.15, 0.2) is 43.0 Å². The van der Waals surface area contributed by atoms with E-state index in [4.69, 9.17) is 14.2 Å². The molecule has 0 bridgehead atoms. The van der Waals surface area contributed by atoms with Crippen LogP contribution in [0.5, 0.6) is 0 Å². The first-order valence-corrected chi connectivity index (χ1v) is 6.63. The highest BCUT2D eigenvalue weighted by Gasteiger charge is 2.13. The Labute approximate surface area is 116 Å². The van der Waals surface area contributed by atoms with Gasteiger partial charge < -0.3 is 14.2 Å². The molecule has 2 atom stereocenters. The molecule has 0 heterocycles. The average Bonchev–Trinajstić information content (AvgIpc) is 2.44. The fourth-order valence-corrected chi connectivity index (χ4v) is 1.83. The Balaban J connectivity index is 2.37. The fraction of sp³-hybridized carbons (Fsp3) is 0.500. The number of rotatable bonds is 10. The third-order valence-corrected chi connectivity index (χ3v) is 2.82. The second-order valence-corrected chi connectivity index (χ2v) is 4.56. The van der Waals surface area contributed by atoms with Gasteiger partial charge in [-0.25, -0.2) is 0 Å². The minimum Gasteiger partial charge on any atom is -0.373 e. The summed E-state index contributed by atoms with van der Waals surface area (Å²) in [6, 6.07) is 10.2. The monoisotopic (exact) mass is 264 g/mol. The molecule has 0 saturated carbocycles. The fourth-order valence-electron chi connectivity index (χ4n) is 1.83. The molecule has 0 aromatic heterocycles. The minimum absolute atomic E-state index is 0.112. The second kappa shape index (κ2) is 9.73. The normalized spacial score (nSPS) is 14.0. The van der Waals surface area contributed by atoms with E-state index in [0.717, 1.165) is 12.8 Å². The van der Waals surface area contributed by atoms with Crippen molar-refractivity contribution in [1.82, 2.24) is 0 Å². The summed E-state index contributed by atoms with van der Waals surface area (Å²) < 4.78 is 16.3. The van der Waals surface area contributed by atoms with E-state index in [1.807, 2.05) is 31.2 Å². The SMILES string of the molecule is C=CC[C@H](C[C@@H](C)OCOC)OCc1ccccc1. The maximum atomic E-state index is 5.93. The van der Waals surface area contributed by atoms with Crippen LogP contribution in [0.1, 0.15) is 25.3 Å². The van der Waals surface area contributed by atoms with Gasteiger partial charge in [-0.15, -0.1) is 6.58 Å². The number of hydrogen-bond donors (Lipinski definition) is 0. The Kier molecular flexibility index (Phi) is 8.14. The highest BCUT2D eigenvalue weighted by atomic mass is 16.7. The van der Waals surface area contributed by atoms with E-state index in [9.17, 15) is 0 Å². The summed E-state index contributed by atoms with van der Waals surface area (Å²) in [5.74, 6) is 0. The topological polar surface area (TPSA) is 27.7 Å². The predicted molar refractivity (Wildman–Crippen MR) is 76.9 cm³/mol. The summed E-state index contributed by atoms with van der Waals surface area (Å²) in [6.45, 7) is 6.75. The summed E-state index contributed by atoms with van der Waals surface area (Å²) in [4.78, 5) is 0. The quantitative estimate of drug-likeness (QED) is 0.478. The van der Waals surface area contributed by atoms with Crippen LogP contribution in [0, 0.1) is 0 Å². The van der Waals surface area contributed by atoms with E-state index in [0.29, 0.717) is 13.4 Å². The van der Waals surface area contributed by atoms with Crippen LogP contribution in [0.4, 0.5) is 0 Å². The van der Waals surface area contributed by atoms with E-state index in [2.05, 4.69) is 18.7 Å². The molecule has 0 unspecified atom stereocenters. The zero-order chi connectivity index (χ0) is 13.9. The maximum Gasteiger partial charge on any atom is 0.146 e. The zero-order valence-electron chi connectivity index (χ0n) is 11.9. The van der Waals surface area contributed by atoms with Crippen molar-refractivity contribution in [2.75, 3.05) is 13.9 Å². The number of ether oxygens (including phenoxy) is 3. The Bertz CT molecular complexity index is 337. The van der Waals surface area contributed by atoms with Gasteiger partial charge in [0.2, 0.25) is 0 Å². The lowest BCUT2D eigenvalue weighted by Gasteiger charge is -2.20. The molecule has 3 nitrogen and oxygen atoms in total. The van der Waals surface area contributed by atoms with Gasteiger partial charge in [-0.1, -0.05) is 36.4 Å². The lowest BCUT2D eigenvalue weighted by molar-refractivity contribution is -0.0853. The summed E-state index contributed by atoms with van der Waals surface area (Å²) in [7, 11) is 1.62. The molecular formula is C16H24O3. The van der Waals surface area contributed by atoms with Crippen molar-refractivity contribution in [1.29, 1.82) is 0 Å². The lowest BCUT2D eigenvalue weighted by atomic mass is 10.1. The van der Waals surface area contributed by atoms with Crippen LogP contribution < -0.4 is 0 Å². The van der Waals surface area contributed by atoms with E-state index < -0.39 is 0 Å². The van der Waals surface area contributed by atoms with E-state index in [1.165, 1.54) is 5.56 Å². The Morgan fingerprint density at radius 2 is 1.95 bits per heavy atom. The van der Waals surface area contributed by atoms with Gasteiger partial charge >= 0.3 is 0 Å². The van der Waals surface area contributed by atoms with Crippen molar-refractivity contribution in [2.24, 2.45) is 0 Å². The minimum atomic E-state index is 0.112. The molecule has 0 aliphatic carbocycles. The average molecular weight is 264 g/mol. The summed E-state index contributed by atoms with van der Waals surface area (Å²) >= 11 is 0. The van der Waals surface area contributed by atoms with Gasteiger partial charge in [0.05, 0.1) is 18.8 Å². The molecule has 0 saturated heterocycles. The number of benzene rings is 1. The molecule has 3 heteroatoms. The molecule has 19 heavy (non-hydrogen) atoms. The van der Waals surface area contributed by atoms with Crippen molar-refractivity contribution in [3.8, 4) is 0 Å². The Morgan fingerprint density at radius 3 is 2.58 bits per heavy atom. The van der Waals surface area contributed by atoms with Gasteiger partial charge in [0.25, 0.3) is 0 Å². The molecule has 0 N–H and O–H groups in total. The van der Waals surface area contributed by atoms with E-state index in [-0.39, 0.29) is 12.2 Å². The van der Waals surface area contributed by atoms with Gasteiger partial charge in [-0.3, -0.25) is 0 Å².